The fourth-order valence-corrected chi connectivity index (χ4v) is 14.0. The Morgan fingerprint density at radius 2 is 0.918 bits per heavy atom. The molecule has 0 bridgehead atoms. The van der Waals surface area contributed by atoms with Gasteiger partial charge in [-0.05, 0) is 152 Å². The SMILES string of the molecule is CCOC(=O)C(CCC(=O)c1ncccc1C)C(=O)c1nc2cccc(N3CCN(C)CC3)c2n1C.Cc1cccnc1C(=O)CCCC(=O)c1nc2cccc(N3CCN(C)CC3)c2n1C.Cc1cccnc1[C@@H]1CCC[C@H](c2nc3cccc(N4CCN(C)CC4)c3n2C)N1. The first-order valence-electron chi connectivity index (χ1n) is 34.4. The Bertz CT molecular complexity index is 4280. The van der Waals surface area contributed by atoms with E-state index in [0.717, 1.165) is 142 Å². The van der Waals surface area contributed by atoms with Crippen LogP contribution in [0, 0.1) is 26.7 Å². The number of anilines is 3. The number of rotatable bonds is 19. The number of piperazine rings is 3. The van der Waals surface area contributed by atoms with Gasteiger partial charge in [0.25, 0.3) is 0 Å². The van der Waals surface area contributed by atoms with Gasteiger partial charge >= 0.3 is 5.97 Å². The van der Waals surface area contributed by atoms with E-state index in [0.29, 0.717) is 48.0 Å². The molecule has 3 aromatic carbocycles. The Kier molecular flexibility index (Phi) is 22.4. The van der Waals surface area contributed by atoms with Crippen molar-refractivity contribution in [3.63, 3.8) is 0 Å². The molecule has 3 atom stereocenters. The second-order valence-corrected chi connectivity index (χ2v) is 26.4. The number of ketones is 4. The van der Waals surface area contributed by atoms with Crippen molar-refractivity contribution < 1.29 is 28.7 Å². The lowest BCUT2D eigenvalue weighted by Gasteiger charge is -2.34. The molecule has 9 aromatic rings. The Morgan fingerprint density at radius 1 is 0.485 bits per heavy atom. The highest BCUT2D eigenvalue weighted by atomic mass is 16.5. The van der Waals surface area contributed by atoms with Crippen molar-refractivity contribution in [3.05, 3.63) is 161 Å². The van der Waals surface area contributed by atoms with Gasteiger partial charge in [-0.2, -0.15) is 0 Å². The average molecular weight is 1320 g/mol. The molecular formula is C75H94N16O6. The highest BCUT2D eigenvalue weighted by Gasteiger charge is 2.35. The summed E-state index contributed by atoms with van der Waals surface area (Å²) in [5.41, 5.74) is 14.1. The lowest BCUT2D eigenvalue weighted by atomic mass is 9.94. The number of nitrogens with zero attached hydrogens (tertiary/aromatic N) is 15. The average Bonchev–Trinajstić information content (AvgIpc) is 1.65. The van der Waals surface area contributed by atoms with E-state index in [1.165, 1.54) is 28.9 Å². The molecule has 0 aliphatic carbocycles. The molecule has 0 saturated carbocycles. The number of benzene rings is 3. The van der Waals surface area contributed by atoms with Gasteiger partial charge in [-0.1, -0.05) is 36.4 Å². The van der Waals surface area contributed by atoms with E-state index in [1.807, 2.05) is 86.3 Å². The minimum atomic E-state index is -1.12. The van der Waals surface area contributed by atoms with Gasteiger partial charge in [0.05, 0.1) is 74.5 Å². The molecule has 510 valence electrons. The van der Waals surface area contributed by atoms with Crippen molar-refractivity contribution >= 4 is 79.3 Å². The number of esters is 1. The van der Waals surface area contributed by atoms with Crippen LogP contribution in [0.2, 0.25) is 0 Å². The van der Waals surface area contributed by atoms with Gasteiger partial charge in [-0.3, -0.25) is 44.2 Å². The Hall–Kier alpha value is -9.09. The Balaban J connectivity index is 0.000000148. The van der Waals surface area contributed by atoms with Gasteiger partial charge in [-0.15, -0.1) is 0 Å². The van der Waals surface area contributed by atoms with E-state index in [9.17, 15) is 24.0 Å². The summed E-state index contributed by atoms with van der Waals surface area (Å²) in [6, 6.07) is 30.5. The molecule has 1 unspecified atom stereocenters. The zero-order valence-corrected chi connectivity index (χ0v) is 58.1. The van der Waals surface area contributed by atoms with Crippen LogP contribution in [0.5, 0.6) is 0 Å². The molecule has 10 heterocycles. The van der Waals surface area contributed by atoms with Crippen molar-refractivity contribution in [2.24, 2.45) is 27.1 Å². The van der Waals surface area contributed by atoms with Crippen LogP contribution in [0.3, 0.4) is 0 Å². The highest BCUT2D eigenvalue weighted by molar-refractivity contribution is 6.09. The van der Waals surface area contributed by atoms with E-state index in [1.54, 1.807) is 37.0 Å². The summed E-state index contributed by atoms with van der Waals surface area (Å²) in [6.07, 6.45) is 9.64. The summed E-state index contributed by atoms with van der Waals surface area (Å²) in [6.45, 7) is 19.7. The van der Waals surface area contributed by atoms with E-state index in [4.69, 9.17) is 9.72 Å². The number of aryl methyl sites for hydroxylation is 6. The lowest BCUT2D eigenvalue weighted by Crippen LogP contribution is -2.44. The number of hydrogen-bond acceptors (Lipinski definition) is 19. The van der Waals surface area contributed by atoms with Crippen LogP contribution in [0.1, 0.15) is 141 Å². The minimum Gasteiger partial charge on any atom is -0.465 e. The van der Waals surface area contributed by atoms with Gasteiger partial charge in [0.15, 0.2) is 29.0 Å². The number of carbonyl (C=O) groups is 5. The molecule has 4 fully saturated rings. The molecule has 4 saturated heterocycles. The van der Waals surface area contributed by atoms with E-state index in [-0.39, 0.29) is 48.7 Å². The molecule has 4 aliphatic rings. The van der Waals surface area contributed by atoms with Crippen molar-refractivity contribution in [2.45, 2.75) is 91.1 Å². The summed E-state index contributed by atoms with van der Waals surface area (Å²) < 4.78 is 11.2. The molecule has 1 N–H and O–H groups in total. The van der Waals surface area contributed by atoms with Crippen molar-refractivity contribution in [2.75, 3.05) is 121 Å². The molecule has 22 heteroatoms. The Labute approximate surface area is 569 Å². The van der Waals surface area contributed by atoms with Gasteiger partial charge in [0, 0.05) is 138 Å². The zero-order valence-electron chi connectivity index (χ0n) is 58.1. The first-order valence-corrected chi connectivity index (χ1v) is 34.4. The van der Waals surface area contributed by atoms with E-state index < -0.39 is 17.7 Å². The number of aromatic nitrogens is 9. The number of Topliss-reactive ketones (excluding diaryl/α,β-unsaturated/α-hetero) is 4. The second kappa shape index (κ2) is 31.4. The number of hydrogen-bond donors (Lipinski definition) is 1. The van der Waals surface area contributed by atoms with Crippen LogP contribution in [0.25, 0.3) is 33.1 Å². The third kappa shape index (κ3) is 15.7. The number of pyridine rings is 3. The predicted octanol–water partition coefficient (Wildman–Crippen LogP) is 9.90. The molecule has 13 rings (SSSR count). The summed E-state index contributed by atoms with van der Waals surface area (Å²) in [5.74, 6) is -0.685. The number of likely N-dealkylation sites (N-methyl/N-ethyl adjacent to an activating group) is 3. The largest absolute Gasteiger partial charge is 0.465 e. The van der Waals surface area contributed by atoms with Crippen molar-refractivity contribution in [3.8, 4) is 0 Å². The number of ether oxygens (including phenoxy) is 1. The summed E-state index contributed by atoms with van der Waals surface area (Å²) in [7, 11) is 12.3. The van der Waals surface area contributed by atoms with E-state index in [2.05, 4.69) is 130 Å². The topological polar surface area (TPSA) is 218 Å². The van der Waals surface area contributed by atoms with Gasteiger partial charge in [0.1, 0.15) is 23.1 Å². The highest BCUT2D eigenvalue weighted by Crippen LogP contribution is 2.37. The standard InChI is InChI=1S/C27H33N5O4.C24H32N6.C24H29N5O2/c1-5-36-27(35)19(11-12-22(33)23-18(2)8-7-13-28-23)25(34)26-29-20-9-6-10-21(24(20)31(26)4)32-16-14-30(3)15-17-32;1-17-7-6-12-25-22(17)18-8-4-10-20(26-18)24-27-19-9-5-11-21(23(19)29(24)3)30-15-13-28(2)14-16-30;1-17-7-6-12-25-22(17)20(30)10-5-11-21(31)24-26-18-8-4-9-19(23(18)28(24)3)29-15-13-27(2)14-16-29/h6-10,13,19H,5,11-12,14-17H2,1-4H3;5-7,9,11-12,18,20,26H,4,8,10,13-16H2,1-3H3;4,6-9,12H,5,10-11,13-16H2,1-3H3/t;18-,20+;/m.0./s1. The van der Waals surface area contributed by atoms with Crippen molar-refractivity contribution in [1.82, 2.24) is 63.6 Å². The molecule has 22 nitrogen and oxygen atoms in total. The second-order valence-electron chi connectivity index (χ2n) is 26.4. The van der Waals surface area contributed by atoms with Gasteiger partial charge in [0.2, 0.25) is 5.78 Å². The van der Waals surface area contributed by atoms with Gasteiger partial charge < -0.3 is 47.8 Å². The number of nitrogens with one attached hydrogen (secondary N) is 1. The fourth-order valence-electron chi connectivity index (χ4n) is 14.0. The smallest absolute Gasteiger partial charge is 0.316 e. The predicted molar refractivity (Wildman–Crippen MR) is 381 cm³/mol. The maximum atomic E-state index is 13.7. The number of imidazole rings is 3. The third-order valence-corrected chi connectivity index (χ3v) is 19.6. The first kappa shape index (κ1) is 69.3. The lowest BCUT2D eigenvalue weighted by molar-refractivity contribution is -0.146. The maximum Gasteiger partial charge on any atom is 0.316 e. The molecule has 0 spiro atoms. The third-order valence-electron chi connectivity index (χ3n) is 19.6. The van der Waals surface area contributed by atoms with Crippen LogP contribution in [0.15, 0.2) is 110 Å². The Morgan fingerprint density at radius 3 is 1.41 bits per heavy atom. The monoisotopic (exact) mass is 1310 g/mol. The molecule has 4 aliphatic heterocycles. The molecule has 0 amide bonds. The van der Waals surface area contributed by atoms with Gasteiger partial charge in [-0.25, -0.2) is 15.0 Å². The number of carbonyl (C=O) groups excluding carboxylic acids is 5. The molecule has 97 heavy (non-hydrogen) atoms. The number of fused-ring (bicyclic) bond motifs is 3. The maximum absolute atomic E-state index is 13.7. The van der Waals surface area contributed by atoms with Crippen LogP contribution < -0.4 is 20.0 Å². The zero-order chi connectivity index (χ0) is 68.4. The summed E-state index contributed by atoms with van der Waals surface area (Å²) in [5, 5.41) is 3.87. The molecule has 6 aromatic heterocycles. The molecular weight excluding hydrogens is 1220 g/mol. The first-order chi connectivity index (χ1) is 46.9. The number of piperidine rings is 1. The van der Waals surface area contributed by atoms with Crippen LogP contribution in [-0.2, 0) is 30.7 Å². The van der Waals surface area contributed by atoms with Crippen LogP contribution >= 0.6 is 0 Å². The number of para-hydroxylation sites is 3. The van der Waals surface area contributed by atoms with Crippen LogP contribution in [0.4, 0.5) is 17.1 Å². The van der Waals surface area contributed by atoms with E-state index >= 15 is 0 Å². The normalized spacial score (nSPS) is 17.6. The molecule has 0 radical (unpaired) electrons. The van der Waals surface area contributed by atoms with Crippen molar-refractivity contribution in [1.29, 1.82) is 0 Å². The summed E-state index contributed by atoms with van der Waals surface area (Å²) >= 11 is 0. The fraction of sp³-hybridized carbons (Fsp3) is 0.453. The quantitative estimate of drug-likeness (QED) is 0.0452. The summed E-state index contributed by atoms with van der Waals surface area (Å²) in [4.78, 5) is 106. The van der Waals surface area contributed by atoms with Crippen LogP contribution in [-0.4, -0.2) is 194 Å². The minimum absolute atomic E-state index is 0.00353.